The van der Waals surface area contributed by atoms with Crippen LogP contribution in [0.5, 0.6) is 0 Å². The van der Waals surface area contributed by atoms with E-state index in [-0.39, 0.29) is 5.91 Å². The fraction of sp³-hybridized carbons (Fsp3) is 0.789. The van der Waals surface area contributed by atoms with Crippen LogP contribution in [0.1, 0.15) is 68.7 Å². The van der Waals surface area contributed by atoms with Crippen molar-refractivity contribution in [3.8, 4) is 0 Å². The lowest BCUT2D eigenvalue weighted by Crippen LogP contribution is -2.45. The Balaban J connectivity index is 1.23. The summed E-state index contributed by atoms with van der Waals surface area (Å²) in [4.78, 5) is 14.7. The number of nitrogens with zero attached hydrogens (tertiary/aromatic N) is 2. The summed E-state index contributed by atoms with van der Waals surface area (Å²) in [5, 5.41) is 7.30. The van der Waals surface area contributed by atoms with Gasteiger partial charge in [0.1, 0.15) is 5.76 Å². The smallest absolute Gasteiger partial charge is 0.227 e. The maximum Gasteiger partial charge on any atom is 0.227 e. The first-order valence-electron chi connectivity index (χ1n) is 9.55. The molecule has 1 aromatic rings. The van der Waals surface area contributed by atoms with Gasteiger partial charge in [0.15, 0.2) is 0 Å². The Labute approximate surface area is 144 Å². The number of carbonyl (C=O) groups excluding carboxylic acids is 1. The Bertz CT molecular complexity index is 575. The molecule has 0 bridgehead atoms. The van der Waals surface area contributed by atoms with Gasteiger partial charge < -0.3 is 14.7 Å². The van der Waals surface area contributed by atoms with Gasteiger partial charge in [0, 0.05) is 18.0 Å². The number of hydrogen-bond acceptors (Lipinski definition) is 4. The van der Waals surface area contributed by atoms with Gasteiger partial charge in [-0.15, -0.1) is 0 Å². The van der Waals surface area contributed by atoms with Crippen molar-refractivity contribution in [1.82, 2.24) is 15.4 Å². The molecule has 0 atom stereocenters. The zero-order chi connectivity index (χ0) is 16.6. The largest absolute Gasteiger partial charge is 0.361 e. The Morgan fingerprint density at radius 2 is 1.96 bits per heavy atom. The molecule has 1 aromatic heterocycles. The van der Waals surface area contributed by atoms with Gasteiger partial charge in [0.25, 0.3) is 0 Å². The third kappa shape index (κ3) is 3.66. The molecule has 1 saturated heterocycles. The predicted octanol–water partition coefficient (Wildman–Crippen LogP) is 2.87. The lowest BCUT2D eigenvalue weighted by Gasteiger charge is -2.45. The van der Waals surface area contributed by atoms with E-state index >= 15 is 0 Å². The molecule has 0 radical (unpaired) electrons. The van der Waals surface area contributed by atoms with E-state index in [0.717, 1.165) is 18.5 Å². The minimum absolute atomic E-state index is 0.0813. The number of aromatic nitrogens is 1. The minimum atomic E-state index is 0.0813. The van der Waals surface area contributed by atoms with Crippen molar-refractivity contribution in [2.75, 3.05) is 20.1 Å². The van der Waals surface area contributed by atoms with Crippen LogP contribution in [0.25, 0.3) is 0 Å². The number of piperidine rings is 1. The molecule has 1 N–H and O–H groups in total. The number of likely N-dealkylation sites (tertiary alicyclic amines) is 1. The van der Waals surface area contributed by atoms with Gasteiger partial charge >= 0.3 is 0 Å². The molecule has 0 aromatic carbocycles. The Morgan fingerprint density at radius 3 is 2.62 bits per heavy atom. The molecule has 24 heavy (non-hydrogen) atoms. The van der Waals surface area contributed by atoms with E-state index in [1.807, 2.05) is 6.07 Å². The summed E-state index contributed by atoms with van der Waals surface area (Å²) in [6.07, 6.45) is 10.2. The van der Waals surface area contributed by atoms with Crippen molar-refractivity contribution in [2.24, 2.45) is 5.41 Å². The van der Waals surface area contributed by atoms with Crippen LogP contribution in [-0.2, 0) is 11.2 Å². The van der Waals surface area contributed by atoms with Crippen LogP contribution in [0, 0.1) is 5.41 Å². The second-order valence-electron chi connectivity index (χ2n) is 8.31. The van der Waals surface area contributed by atoms with Crippen LogP contribution >= 0.6 is 0 Å². The molecule has 3 aliphatic rings. The van der Waals surface area contributed by atoms with E-state index in [4.69, 9.17) is 4.52 Å². The summed E-state index contributed by atoms with van der Waals surface area (Å²) in [6, 6.07) is 2.31. The van der Waals surface area contributed by atoms with E-state index in [2.05, 4.69) is 22.4 Å². The maximum atomic E-state index is 12.3. The first kappa shape index (κ1) is 16.1. The molecule has 5 nitrogen and oxygen atoms in total. The van der Waals surface area contributed by atoms with Crippen molar-refractivity contribution >= 4 is 5.91 Å². The molecule has 5 heteroatoms. The van der Waals surface area contributed by atoms with E-state index < -0.39 is 0 Å². The van der Waals surface area contributed by atoms with Crippen LogP contribution in [-0.4, -0.2) is 42.1 Å². The van der Waals surface area contributed by atoms with Crippen LogP contribution in [0.15, 0.2) is 10.6 Å². The molecular formula is C19H29N3O2. The average molecular weight is 331 g/mol. The number of rotatable bonds is 4. The highest BCUT2D eigenvalue weighted by atomic mass is 16.5. The fourth-order valence-corrected chi connectivity index (χ4v) is 4.39. The van der Waals surface area contributed by atoms with Gasteiger partial charge in [0.2, 0.25) is 5.91 Å². The second kappa shape index (κ2) is 6.51. The van der Waals surface area contributed by atoms with E-state index in [0.29, 0.717) is 29.6 Å². The van der Waals surface area contributed by atoms with Gasteiger partial charge in [-0.3, -0.25) is 4.79 Å². The summed E-state index contributed by atoms with van der Waals surface area (Å²) in [5.41, 5.74) is 1.58. The van der Waals surface area contributed by atoms with Crippen molar-refractivity contribution in [3.63, 3.8) is 0 Å². The van der Waals surface area contributed by atoms with Gasteiger partial charge in [-0.2, -0.15) is 0 Å². The lowest BCUT2D eigenvalue weighted by atomic mass is 9.67. The van der Waals surface area contributed by atoms with Crippen molar-refractivity contribution in [3.05, 3.63) is 17.5 Å². The van der Waals surface area contributed by atoms with Gasteiger partial charge in [-0.1, -0.05) is 5.16 Å². The Morgan fingerprint density at radius 1 is 1.25 bits per heavy atom. The van der Waals surface area contributed by atoms with Crippen LogP contribution in [0.3, 0.4) is 0 Å². The summed E-state index contributed by atoms with van der Waals surface area (Å²) >= 11 is 0. The minimum Gasteiger partial charge on any atom is -0.361 e. The van der Waals surface area contributed by atoms with Crippen LogP contribution < -0.4 is 5.32 Å². The molecule has 1 spiro atoms. The van der Waals surface area contributed by atoms with Crippen LogP contribution in [0.2, 0.25) is 0 Å². The summed E-state index contributed by atoms with van der Waals surface area (Å²) in [6.45, 7) is 2.46. The number of amides is 1. The maximum absolute atomic E-state index is 12.3. The zero-order valence-corrected chi connectivity index (χ0v) is 14.7. The van der Waals surface area contributed by atoms with Gasteiger partial charge in [-0.25, -0.2) is 0 Å². The Kier molecular flexibility index (Phi) is 4.37. The Hall–Kier alpha value is -1.36. The molecule has 4 rings (SSSR count). The van der Waals surface area contributed by atoms with Crippen molar-refractivity contribution < 1.29 is 9.32 Å². The molecular weight excluding hydrogens is 302 g/mol. The number of hydrogen-bond donors (Lipinski definition) is 1. The third-order valence-corrected chi connectivity index (χ3v) is 6.37. The molecule has 1 aliphatic heterocycles. The first-order chi connectivity index (χ1) is 11.6. The van der Waals surface area contributed by atoms with Crippen molar-refractivity contribution in [2.45, 2.75) is 69.7 Å². The van der Waals surface area contributed by atoms with Gasteiger partial charge in [-0.05, 0) is 76.9 Å². The van der Waals surface area contributed by atoms with E-state index in [1.165, 1.54) is 51.6 Å². The highest BCUT2D eigenvalue weighted by Crippen LogP contribution is 2.44. The summed E-state index contributed by atoms with van der Waals surface area (Å²) < 4.78 is 5.31. The monoisotopic (exact) mass is 331 g/mol. The molecule has 0 unspecified atom stereocenters. The van der Waals surface area contributed by atoms with E-state index in [9.17, 15) is 4.79 Å². The summed E-state index contributed by atoms with van der Waals surface area (Å²) in [5.74, 6) is 1.37. The lowest BCUT2D eigenvalue weighted by molar-refractivity contribution is -0.121. The highest BCUT2D eigenvalue weighted by molar-refractivity contribution is 5.78. The fourth-order valence-electron chi connectivity index (χ4n) is 4.39. The quantitative estimate of drug-likeness (QED) is 0.922. The normalized spacial score (nSPS) is 25.0. The summed E-state index contributed by atoms with van der Waals surface area (Å²) in [7, 11) is 2.22. The molecule has 2 aliphatic carbocycles. The zero-order valence-electron chi connectivity index (χ0n) is 14.7. The first-order valence-corrected chi connectivity index (χ1v) is 9.55. The SMILES string of the molecule is CN1CCC2(CCC(NC(=O)Cc3cc(C4CC4)no3)CC2)CC1. The second-order valence-corrected chi connectivity index (χ2v) is 8.31. The topological polar surface area (TPSA) is 58.4 Å². The number of carbonyl (C=O) groups is 1. The van der Waals surface area contributed by atoms with Crippen LogP contribution in [0.4, 0.5) is 0 Å². The standard InChI is InChI=1S/C19H29N3O2/c1-22-10-8-19(9-11-22)6-4-15(5-7-19)20-18(23)13-16-12-17(21-24-16)14-2-3-14/h12,14-15H,2-11,13H2,1H3,(H,20,23). The molecule has 132 valence electrons. The molecule has 3 fully saturated rings. The average Bonchev–Trinajstić information content (AvgIpc) is 3.33. The number of nitrogens with one attached hydrogen (secondary N) is 1. The van der Waals surface area contributed by atoms with Crippen molar-refractivity contribution in [1.29, 1.82) is 0 Å². The molecule has 2 heterocycles. The van der Waals surface area contributed by atoms with E-state index in [1.54, 1.807) is 0 Å². The molecule has 1 amide bonds. The predicted molar refractivity (Wildman–Crippen MR) is 91.7 cm³/mol. The highest BCUT2D eigenvalue weighted by Gasteiger charge is 2.37. The third-order valence-electron chi connectivity index (χ3n) is 6.37. The van der Waals surface area contributed by atoms with Gasteiger partial charge in [0.05, 0.1) is 12.1 Å². The molecule has 2 saturated carbocycles.